The summed E-state index contributed by atoms with van der Waals surface area (Å²) in [5, 5.41) is 0.690. The number of rotatable bonds is 3. The van der Waals surface area contributed by atoms with Crippen LogP contribution < -0.4 is 5.56 Å². The molecule has 0 amide bonds. The van der Waals surface area contributed by atoms with Crippen LogP contribution in [0.4, 0.5) is 0 Å². The van der Waals surface area contributed by atoms with Crippen molar-refractivity contribution in [1.29, 1.82) is 0 Å². The Hall–Kier alpha value is -2.43. The van der Waals surface area contributed by atoms with E-state index in [1.807, 2.05) is 43.8 Å². The third kappa shape index (κ3) is 2.19. The Morgan fingerprint density at radius 3 is 2.65 bits per heavy atom. The summed E-state index contributed by atoms with van der Waals surface area (Å²) in [4.78, 5) is 22.1. The molecule has 0 aliphatic heterocycles. The first kappa shape index (κ1) is 14.2. The van der Waals surface area contributed by atoms with Crippen LogP contribution in [0.2, 0.25) is 0 Å². The zero-order valence-corrected chi connectivity index (χ0v) is 13.7. The molecule has 0 spiro atoms. The van der Waals surface area contributed by atoms with E-state index in [4.69, 9.17) is 0 Å². The van der Waals surface area contributed by atoms with Gasteiger partial charge in [-0.1, -0.05) is 6.07 Å². The highest BCUT2D eigenvalue weighted by molar-refractivity contribution is 5.81. The fourth-order valence-electron chi connectivity index (χ4n) is 3.29. The summed E-state index contributed by atoms with van der Waals surface area (Å²) in [5.41, 5.74) is 3.07. The van der Waals surface area contributed by atoms with Gasteiger partial charge in [0.05, 0.1) is 23.3 Å². The van der Waals surface area contributed by atoms with Gasteiger partial charge in [-0.2, -0.15) is 0 Å². The van der Waals surface area contributed by atoms with Gasteiger partial charge in [-0.15, -0.1) is 0 Å². The molecule has 0 N–H and O–H groups in total. The number of aryl methyl sites for hydroxylation is 3. The molecule has 0 radical (unpaired) electrons. The first-order valence-electron chi connectivity index (χ1n) is 8.02. The van der Waals surface area contributed by atoms with Crippen LogP contribution in [-0.4, -0.2) is 19.1 Å². The van der Waals surface area contributed by atoms with E-state index in [1.54, 1.807) is 17.1 Å². The summed E-state index contributed by atoms with van der Waals surface area (Å²) in [6, 6.07) is 3.87. The molecule has 5 heteroatoms. The molecule has 118 valence electrons. The van der Waals surface area contributed by atoms with Crippen LogP contribution in [0, 0.1) is 19.8 Å². The van der Waals surface area contributed by atoms with Crippen molar-refractivity contribution < 1.29 is 0 Å². The molecule has 4 rings (SSSR count). The molecular weight excluding hydrogens is 288 g/mol. The molecule has 1 aromatic carbocycles. The predicted octanol–water partition coefficient (Wildman–Crippen LogP) is 2.75. The third-order valence-corrected chi connectivity index (χ3v) is 4.97. The Bertz CT molecular complexity index is 949. The van der Waals surface area contributed by atoms with E-state index in [0.29, 0.717) is 11.3 Å². The van der Waals surface area contributed by atoms with Gasteiger partial charge >= 0.3 is 0 Å². The molecule has 0 bridgehead atoms. The highest BCUT2D eigenvalue weighted by atomic mass is 16.1. The summed E-state index contributed by atoms with van der Waals surface area (Å²) in [5.74, 6) is 1.40. The normalized spacial score (nSPS) is 16.0. The number of hydrogen-bond donors (Lipinski definition) is 0. The Balaban J connectivity index is 1.94. The standard InChI is InChI=1S/C18H20N4O/c1-11-4-7-14-15(12(11)2)20-10-22(18(14)23)16(13-5-6-13)17-19-8-9-21(17)3/h4,7-10,13,16H,5-6H2,1-3H3/t16-/m0/s1. The van der Waals surface area contributed by atoms with E-state index in [9.17, 15) is 4.79 Å². The minimum Gasteiger partial charge on any atom is -0.336 e. The molecule has 1 aliphatic rings. The van der Waals surface area contributed by atoms with Crippen molar-refractivity contribution in [3.8, 4) is 0 Å². The predicted molar refractivity (Wildman–Crippen MR) is 89.5 cm³/mol. The summed E-state index contributed by atoms with van der Waals surface area (Å²) in [6.45, 7) is 4.06. The molecule has 2 aromatic heterocycles. The lowest BCUT2D eigenvalue weighted by Gasteiger charge is -2.19. The van der Waals surface area contributed by atoms with Crippen LogP contribution in [-0.2, 0) is 7.05 Å². The van der Waals surface area contributed by atoms with E-state index in [0.717, 1.165) is 35.3 Å². The highest BCUT2D eigenvalue weighted by Gasteiger charge is 2.36. The lowest BCUT2D eigenvalue weighted by atomic mass is 10.1. The molecule has 1 fully saturated rings. The van der Waals surface area contributed by atoms with Crippen LogP contribution in [0.5, 0.6) is 0 Å². The van der Waals surface area contributed by atoms with E-state index < -0.39 is 0 Å². The van der Waals surface area contributed by atoms with Crippen molar-refractivity contribution in [2.45, 2.75) is 32.7 Å². The van der Waals surface area contributed by atoms with Crippen molar-refractivity contribution in [3.05, 3.63) is 58.2 Å². The number of benzene rings is 1. The molecule has 1 atom stereocenters. The van der Waals surface area contributed by atoms with E-state index in [2.05, 4.69) is 9.97 Å². The third-order valence-electron chi connectivity index (χ3n) is 4.97. The van der Waals surface area contributed by atoms with E-state index in [-0.39, 0.29) is 11.6 Å². The zero-order chi connectivity index (χ0) is 16.1. The fourth-order valence-corrected chi connectivity index (χ4v) is 3.29. The highest BCUT2D eigenvalue weighted by Crippen LogP contribution is 2.42. The number of fused-ring (bicyclic) bond motifs is 1. The lowest BCUT2D eigenvalue weighted by Crippen LogP contribution is -2.29. The van der Waals surface area contributed by atoms with Crippen molar-refractivity contribution in [1.82, 2.24) is 19.1 Å². The van der Waals surface area contributed by atoms with E-state index >= 15 is 0 Å². The first-order valence-corrected chi connectivity index (χ1v) is 8.02. The molecule has 1 aliphatic carbocycles. The van der Waals surface area contributed by atoms with Gasteiger partial charge in [0.1, 0.15) is 5.82 Å². The topological polar surface area (TPSA) is 52.7 Å². The second kappa shape index (κ2) is 5.05. The molecule has 3 aromatic rings. The molecule has 2 heterocycles. The van der Waals surface area contributed by atoms with Gasteiger partial charge in [0.25, 0.3) is 5.56 Å². The van der Waals surface area contributed by atoms with Crippen LogP contribution >= 0.6 is 0 Å². The minimum absolute atomic E-state index is 0.0259. The molecule has 23 heavy (non-hydrogen) atoms. The number of nitrogens with zero attached hydrogens (tertiary/aromatic N) is 4. The molecule has 0 unspecified atom stereocenters. The smallest absolute Gasteiger partial charge is 0.261 e. The Kier molecular flexibility index (Phi) is 3.11. The maximum Gasteiger partial charge on any atom is 0.261 e. The first-order chi connectivity index (χ1) is 11.1. The Labute approximate surface area is 134 Å². The summed E-state index contributed by atoms with van der Waals surface area (Å²) in [6.07, 6.45) is 7.69. The SMILES string of the molecule is Cc1ccc2c(=O)n([C@H](c3nccn3C)C3CC3)cnc2c1C. The largest absolute Gasteiger partial charge is 0.336 e. The van der Waals surface area contributed by atoms with Gasteiger partial charge in [-0.3, -0.25) is 9.36 Å². The number of hydrogen-bond acceptors (Lipinski definition) is 3. The minimum atomic E-state index is -0.0268. The van der Waals surface area contributed by atoms with E-state index in [1.165, 1.54) is 0 Å². The van der Waals surface area contributed by atoms with Crippen LogP contribution in [0.15, 0.2) is 35.6 Å². The van der Waals surface area contributed by atoms with Gasteiger partial charge in [0.2, 0.25) is 0 Å². The fraction of sp³-hybridized carbons (Fsp3) is 0.389. The van der Waals surface area contributed by atoms with Gasteiger partial charge < -0.3 is 4.57 Å². The summed E-state index contributed by atoms with van der Waals surface area (Å²) < 4.78 is 3.77. The average molecular weight is 308 g/mol. The van der Waals surface area contributed by atoms with Crippen molar-refractivity contribution in [2.75, 3.05) is 0 Å². The van der Waals surface area contributed by atoms with Gasteiger partial charge in [-0.25, -0.2) is 9.97 Å². The maximum absolute atomic E-state index is 13.1. The van der Waals surface area contributed by atoms with Gasteiger partial charge in [0, 0.05) is 19.4 Å². The number of aromatic nitrogens is 4. The lowest BCUT2D eigenvalue weighted by molar-refractivity contribution is 0.463. The average Bonchev–Trinajstić information content (AvgIpc) is 3.28. The molecular formula is C18H20N4O. The quantitative estimate of drug-likeness (QED) is 0.747. The van der Waals surface area contributed by atoms with Crippen LogP contribution in [0.1, 0.15) is 35.8 Å². The van der Waals surface area contributed by atoms with Crippen molar-refractivity contribution >= 4 is 10.9 Å². The van der Waals surface area contributed by atoms with Gasteiger partial charge in [0.15, 0.2) is 0 Å². The molecule has 0 saturated heterocycles. The number of imidazole rings is 1. The Morgan fingerprint density at radius 2 is 2.00 bits per heavy atom. The molecule has 1 saturated carbocycles. The van der Waals surface area contributed by atoms with Crippen LogP contribution in [0.3, 0.4) is 0 Å². The monoisotopic (exact) mass is 308 g/mol. The molecule has 5 nitrogen and oxygen atoms in total. The van der Waals surface area contributed by atoms with Crippen molar-refractivity contribution in [3.63, 3.8) is 0 Å². The maximum atomic E-state index is 13.1. The van der Waals surface area contributed by atoms with Crippen LogP contribution in [0.25, 0.3) is 10.9 Å². The van der Waals surface area contributed by atoms with Crippen molar-refractivity contribution in [2.24, 2.45) is 13.0 Å². The Morgan fingerprint density at radius 1 is 1.22 bits per heavy atom. The zero-order valence-electron chi connectivity index (χ0n) is 13.7. The summed E-state index contributed by atoms with van der Waals surface area (Å²) >= 11 is 0. The second-order valence-corrected chi connectivity index (χ2v) is 6.54. The summed E-state index contributed by atoms with van der Waals surface area (Å²) in [7, 11) is 1.98. The second-order valence-electron chi connectivity index (χ2n) is 6.54. The van der Waals surface area contributed by atoms with Gasteiger partial charge in [-0.05, 0) is 49.8 Å².